The van der Waals surface area contributed by atoms with Gasteiger partial charge in [-0.2, -0.15) is 9.97 Å². The molecule has 8 N–H and O–H groups in total. The molecule has 1 aliphatic rings. The molecule has 30 heavy (non-hydrogen) atoms. The van der Waals surface area contributed by atoms with Crippen LogP contribution in [0.2, 0.25) is 10.0 Å². The quantitative estimate of drug-likeness (QED) is 0.458. The van der Waals surface area contributed by atoms with Gasteiger partial charge in [0, 0.05) is 13.0 Å². The molecule has 0 spiro atoms. The van der Waals surface area contributed by atoms with E-state index in [2.05, 4.69) is 15.0 Å². The van der Waals surface area contributed by atoms with Gasteiger partial charge in [-0.25, -0.2) is 4.98 Å². The van der Waals surface area contributed by atoms with Gasteiger partial charge in [0.05, 0.1) is 15.9 Å². The normalized spacial score (nSPS) is 13.2. The number of nitrogen functional groups attached to an aromatic ring is 3. The van der Waals surface area contributed by atoms with Crippen molar-refractivity contribution < 1.29 is 0 Å². The molecule has 0 unspecified atom stereocenters. The van der Waals surface area contributed by atoms with E-state index in [1.165, 1.54) is 12.8 Å². The second kappa shape index (κ2) is 9.46. The molecular weight excluding hydrogens is 427 g/mol. The lowest BCUT2D eigenvalue weighted by molar-refractivity contribution is 0.575. The molecule has 1 aliphatic carbocycles. The van der Waals surface area contributed by atoms with E-state index in [0.717, 1.165) is 18.7 Å². The van der Waals surface area contributed by atoms with Crippen molar-refractivity contribution in [3.63, 3.8) is 0 Å². The summed E-state index contributed by atoms with van der Waals surface area (Å²) in [7, 11) is 0. The Bertz CT molecular complexity index is 1090. The lowest BCUT2D eigenvalue weighted by atomic mass is 10.2. The number of nitrogens with zero attached hydrogens (tertiary/aromatic N) is 4. The number of rotatable bonds is 5. The van der Waals surface area contributed by atoms with E-state index in [0.29, 0.717) is 34.9 Å². The Morgan fingerprint density at radius 3 is 2.33 bits per heavy atom. The van der Waals surface area contributed by atoms with Gasteiger partial charge in [-0.3, -0.25) is 9.36 Å². The predicted octanol–water partition coefficient (Wildman–Crippen LogP) is 2.23. The highest BCUT2D eigenvalue weighted by atomic mass is 35.5. The smallest absolute Gasteiger partial charge is 0.262 e. The maximum Gasteiger partial charge on any atom is 0.262 e. The molecule has 2 aromatic heterocycles. The first-order valence-corrected chi connectivity index (χ1v) is 10.3. The van der Waals surface area contributed by atoms with Gasteiger partial charge in [-0.05, 0) is 43.9 Å². The third-order valence-electron chi connectivity index (χ3n) is 4.69. The Hall–Kier alpha value is -2.62. The molecule has 0 bridgehead atoms. The van der Waals surface area contributed by atoms with Crippen LogP contribution in [0, 0.1) is 5.92 Å². The average molecular weight is 451 g/mol. The minimum atomic E-state index is -0.0373. The molecule has 160 valence electrons. The van der Waals surface area contributed by atoms with E-state index < -0.39 is 0 Å². The van der Waals surface area contributed by atoms with Crippen molar-refractivity contribution >= 4 is 51.7 Å². The highest BCUT2D eigenvalue weighted by Crippen LogP contribution is 2.32. The molecule has 1 saturated carbocycles. The summed E-state index contributed by atoms with van der Waals surface area (Å²) in [6.45, 7) is 1.18. The second-order valence-corrected chi connectivity index (χ2v) is 7.86. The van der Waals surface area contributed by atoms with Crippen LogP contribution >= 0.6 is 23.2 Å². The lowest BCUT2D eigenvalue weighted by Gasteiger charge is -2.13. The van der Waals surface area contributed by atoms with E-state index in [9.17, 15) is 4.79 Å². The molecule has 0 atom stereocenters. The number of anilines is 3. The summed E-state index contributed by atoms with van der Waals surface area (Å²) >= 11 is 11.7. The molecule has 0 radical (unpaired) electrons. The summed E-state index contributed by atoms with van der Waals surface area (Å²) in [5.41, 5.74) is 22.0. The van der Waals surface area contributed by atoms with Crippen LogP contribution < -0.4 is 28.5 Å². The lowest BCUT2D eigenvalue weighted by Crippen LogP contribution is -2.27. The zero-order valence-corrected chi connectivity index (χ0v) is 17.8. The first kappa shape index (κ1) is 22.1. The largest absolute Gasteiger partial charge is 0.382 e. The second-order valence-electron chi connectivity index (χ2n) is 7.07. The molecule has 11 heteroatoms. The molecule has 3 aromatic rings. The van der Waals surface area contributed by atoms with E-state index in [4.69, 9.17) is 46.1 Å². The minimum absolute atomic E-state index is 0.0272. The first-order chi connectivity index (χ1) is 14.3. The maximum atomic E-state index is 12.7. The Morgan fingerprint density at radius 1 is 1.07 bits per heavy atom. The summed E-state index contributed by atoms with van der Waals surface area (Å²) in [5.74, 6) is 1.79. The Morgan fingerprint density at radius 2 is 1.73 bits per heavy atom. The molecule has 0 saturated heterocycles. The van der Waals surface area contributed by atoms with E-state index in [1.54, 1.807) is 10.6 Å². The van der Waals surface area contributed by atoms with Gasteiger partial charge in [-0.1, -0.05) is 29.3 Å². The zero-order valence-electron chi connectivity index (χ0n) is 16.3. The van der Waals surface area contributed by atoms with Crippen LogP contribution in [0.5, 0.6) is 0 Å². The topological polar surface area (TPSA) is 165 Å². The Balaban J connectivity index is 0.000000216. The molecule has 0 amide bonds. The molecular formula is C19H24Cl2N8O. The SMILES string of the molecule is NCCCn1c(CC2CC2)nc2cccc(Cl)c2c1=O.Nc1nc(N)c(Cl)c(N)n1. The van der Waals surface area contributed by atoms with Crippen molar-refractivity contribution in [2.75, 3.05) is 23.7 Å². The van der Waals surface area contributed by atoms with Gasteiger partial charge < -0.3 is 22.9 Å². The van der Waals surface area contributed by atoms with Gasteiger partial charge in [-0.15, -0.1) is 0 Å². The van der Waals surface area contributed by atoms with Gasteiger partial charge in [0.2, 0.25) is 5.95 Å². The number of halogens is 2. The molecule has 2 heterocycles. The molecule has 1 fully saturated rings. The van der Waals surface area contributed by atoms with E-state index in [1.807, 2.05) is 12.1 Å². The number of hydrogen-bond donors (Lipinski definition) is 4. The summed E-state index contributed by atoms with van der Waals surface area (Å²) in [6.07, 6.45) is 4.12. The van der Waals surface area contributed by atoms with E-state index in [-0.39, 0.29) is 28.2 Å². The van der Waals surface area contributed by atoms with Crippen molar-refractivity contribution in [1.82, 2.24) is 19.5 Å². The van der Waals surface area contributed by atoms with Crippen LogP contribution in [0.1, 0.15) is 25.1 Å². The van der Waals surface area contributed by atoms with Crippen LogP contribution in [0.15, 0.2) is 23.0 Å². The highest BCUT2D eigenvalue weighted by molar-refractivity contribution is 6.35. The number of fused-ring (bicyclic) bond motifs is 1. The van der Waals surface area contributed by atoms with Gasteiger partial charge >= 0.3 is 0 Å². The Kier molecular flexibility index (Phi) is 6.96. The van der Waals surface area contributed by atoms with Crippen molar-refractivity contribution in [3.8, 4) is 0 Å². The highest BCUT2D eigenvalue weighted by Gasteiger charge is 2.24. The summed E-state index contributed by atoms with van der Waals surface area (Å²) in [5, 5.41) is 1.14. The third kappa shape index (κ3) is 5.10. The molecule has 4 rings (SSSR count). The summed E-state index contributed by atoms with van der Waals surface area (Å²) < 4.78 is 1.76. The third-order valence-corrected chi connectivity index (χ3v) is 5.39. The molecule has 0 aliphatic heterocycles. The van der Waals surface area contributed by atoms with E-state index >= 15 is 0 Å². The minimum Gasteiger partial charge on any atom is -0.382 e. The van der Waals surface area contributed by atoms with Crippen LogP contribution in [0.3, 0.4) is 0 Å². The summed E-state index contributed by atoms with van der Waals surface area (Å²) in [6, 6.07) is 5.43. The average Bonchev–Trinajstić information content (AvgIpc) is 3.50. The Labute approximate surface area is 183 Å². The van der Waals surface area contributed by atoms with Crippen molar-refractivity contribution in [3.05, 3.63) is 44.4 Å². The fourth-order valence-corrected chi connectivity index (χ4v) is 3.32. The fraction of sp³-hybridized carbons (Fsp3) is 0.368. The van der Waals surface area contributed by atoms with Crippen LogP contribution in [-0.4, -0.2) is 26.1 Å². The van der Waals surface area contributed by atoms with Crippen molar-refractivity contribution in [1.29, 1.82) is 0 Å². The van der Waals surface area contributed by atoms with Crippen LogP contribution in [0.25, 0.3) is 10.9 Å². The monoisotopic (exact) mass is 450 g/mol. The molecule has 1 aromatic carbocycles. The number of hydrogen-bond acceptors (Lipinski definition) is 8. The zero-order chi connectivity index (χ0) is 21.8. The van der Waals surface area contributed by atoms with Gasteiger partial charge in [0.15, 0.2) is 0 Å². The van der Waals surface area contributed by atoms with Crippen LogP contribution in [0.4, 0.5) is 17.6 Å². The number of aromatic nitrogens is 4. The standard InChI is InChI=1S/C15H18ClN3O.C4H6ClN5/c16-11-3-1-4-12-14(11)15(20)19(8-2-7-17)13(18-12)9-10-5-6-10;5-1-2(6)9-4(8)10-3(1)7/h1,3-4,10H,2,5-9,17H2;(H6,6,7,8,9,10). The maximum absolute atomic E-state index is 12.7. The number of benzene rings is 1. The van der Waals surface area contributed by atoms with Crippen molar-refractivity contribution in [2.45, 2.75) is 32.2 Å². The number of nitrogens with two attached hydrogens (primary N) is 4. The first-order valence-electron chi connectivity index (χ1n) is 9.53. The van der Waals surface area contributed by atoms with Crippen LogP contribution in [-0.2, 0) is 13.0 Å². The molecule has 9 nitrogen and oxygen atoms in total. The predicted molar refractivity (Wildman–Crippen MR) is 121 cm³/mol. The van der Waals surface area contributed by atoms with Crippen molar-refractivity contribution in [2.24, 2.45) is 11.7 Å². The van der Waals surface area contributed by atoms with Gasteiger partial charge in [0.25, 0.3) is 5.56 Å². The fourth-order valence-electron chi connectivity index (χ4n) is 2.99. The summed E-state index contributed by atoms with van der Waals surface area (Å²) in [4.78, 5) is 24.5. The van der Waals surface area contributed by atoms with Gasteiger partial charge in [0.1, 0.15) is 22.5 Å².